The van der Waals surface area contributed by atoms with Gasteiger partial charge in [-0.2, -0.15) is 0 Å². The summed E-state index contributed by atoms with van der Waals surface area (Å²) in [6.45, 7) is 5.67. The molecule has 5 nitrogen and oxygen atoms in total. The Hall–Kier alpha value is -2.04. The van der Waals surface area contributed by atoms with Crippen molar-refractivity contribution in [2.45, 2.75) is 26.3 Å². The number of furan rings is 1. The Balaban J connectivity index is 2.43. The van der Waals surface area contributed by atoms with Crippen LogP contribution in [0.2, 0.25) is 0 Å². The standard InChI is InChI=1S/C12H15N3O2/c1-12(2,3)15-10(16)9-8(13)7-5-4-6-14-11(7)17-9/h4-6H,13H2,1-3H3,(H,15,16). The van der Waals surface area contributed by atoms with Crippen LogP contribution in [0, 0.1) is 0 Å². The molecule has 0 atom stereocenters. The average molecular weight is 233 g/mol. The van der Waals surface area contributed by atoms with Gasteiger partial charge in [-0.25, -0.2) is 4.98 Å². The van der Waals surface area contributed by atoms with Gasteiger partial charge in [0.1, 0.15) is 0 Å². The smallest absolute Gasteiger partial charge is 0.289 e. The molecule has 0 aromatic carbocycles. The molecule has 0 unspecified atom stereocenters. The molecule has 2 aromatic rings. The highest BCUT2D eigenvalue weighted by atomic mass is 16.4. The van der Waals surface area contributed by atoms with Crippen molar-refractivity contribution in [2.75, 3.05) is 5.73 Å². The fourth-order valence-corrected chi connectivity index (χ4v) is 1.52. The van der Waals surface area contributed by atoms with Crippen LogP contribution in [0.15, 0.2) is 22.7 Å². The van der Waals surface area contributed by atoms with Gasteiger partial charge in [-0.15, -0.1) is 0 Å². The number of anilines is 1. The molecule has 0 saturated heterocycles. The molecule has 0 aliphatic carbocycles. The first kappa shape index (κ1) is 11.4. The highest BCUT2D eigenvalue weighted by Gasteiger charge is 2.22. The summed E-state index contributed by atoms with van der Waals surface area (Å²) in [4.78, 5) is 16.0. The quantitative estimate of drug-likeness (QED) is 0.788. The summed E-state index contributed by atoms with van der Waals surface area (Å²) in [5.74, 6) is -0.207. The Labute approximate surface area is 99.0 Å². The number of nitrogens with two attached hydrogens (primary N) is 1. The molecule has 2 aromatic heterocycles. The summed E-state index contributed by atoms with van der Waals surface area (Å²) in [6.07, 6.45) is 1.59. The van der Waals surface area contributed by atoms with Gasteiger partial charge in [0.05, 0.1) is 11.1 Å². The summed E-state index contributed by atoms with van der Waals surface area (Å²) in [5, 5.41) is 3.46. The number of nitrogens with one attached hydrogen (secondary N) is 1. The van der Waals surface area contributed by atoms with E-state index in [4.69, 9.17) is 10.2 Å². The fourth-order valence-electron chi connectivity index (χ4n) is 1.52. The molecule has 2 rings (SSSR count). The van der Waals surface area contributed by atoms with E-state index in [1.807, 2.05) is 20.8 Å². The zero-order valence-corrected chi connectivity index (χ0v) is 10.1. The lowest BCUT2D eigenvalue weighted by atomic mass is 10.1. The molecule has 0 aliphatic heterocycles. The highest BCUT2D eigenvalue weighted by Crippen LogP contribution is 2.26. The van der Waals surface area contributed by atoms with Crippen LogP contribution in [-0.4, -0.2) is 16.4 Å². The number of carbonyl (C=O) groups excluding carboxylic acids is 1. The zero-order chi connectivity index (χ0) is 12.6. The van der Waals surface area contributed by atoms with Gasteiger partial charge in [-0.05, 0) is 32.9 Å². The van der Waals surface area contributed by atoms with Gasteiger partial charge in [0, 0.05) is 11.7 Å². The van der Waals surface area contributed by atoms with Crippen molar-refractivity contribution in [2.24, 2.45) is 0 Å². The van der Waals surface area contributed by atoms with Crippen molar-refractivity contribution in [1.82, 2.24) is 10.3 Å². The summed E-state index contributed by atoms with van der Waals surface area (Å²) >= 11 is 0. The number of nitrogen functional groups attached to an aromatic ring is 1. The average Bonchev–Trinajstić information content (AvgIpc) is 2.55. The zero-order valence-electron chi connectivity index (χ0n) is 10.1. The summed E-state index contributed by atoms with van der Waals surface area (Å²) in [7, 11) is 0. The van der Waals surface area contributed by atoms with Crippen molar-refractivity contribution < 1.29 is 9.21 Å². The lowest BCUT2D eigenvalue weighted by molar-refractivity contribution is 0.0894. The van der Waals surface area contributed by atoms with Crippen LogP contribution in [-0.2, 0) is 0 Å². The fraction of sp³-hybridized carbons (Fsp3) is 0.333. The van der Waals surface area contributed by atoms with Crippen LogP contribution < -0.4 is 11.1 Å². The summed E-state index contributed by atoms with van der Waals surface area (Å²) in [6, 6.07) is 3.52. The van der Waals surface area contributed by atoms with Crippen molar-refractivity contribution in [3.8, 4) is 0 Å². The van der Waals surface area contributed by atoms with E-state index in [2.05, 4.69) is 10.3 Å². The lowest BCUT2D eigenvalue weighted by Crippen LogP contribution is -2.40. The normalized spacial score (nSPS) is 11.7. The number of rotatable bonds is 1. The molecule has 2 heterocycles. The van der Waals surface area contributed by atoms with E-state index in [0.717, 1.165) is 0 Å². The second-order valence-electron chi connectivity index (χ2n) is 4.91. The molecule has 3 N–H and O–H groups in total. The van der Waals surface area contributed by atoms with E-state index in [-0.39, 0.29) is 17.2 Å². The predicted octanol–water partition coefficient (Wildman–Crippen LogP) is 1.94. The Morgan fingerprint density at radius 3 is 2.76 bits per heavy atom. The van der Waals surface area contributed by atoms with Gasteiger partial charge in [-0.3, -0.25) is 4.79 Å². The van der Waals surface area contributed by atoms with E-state index in [1.54, 1.807) is 18.3 Å². The maximum atomic E-state index is 11.9. The molecule has 90 valence electrons. The minimum absolute atomic E-state index is 0.119. The third-order valence-corrected chi connectivity index (χ3v) is 2.20. The number of aromatic nitrogens is 1. The first-order chi connectivity index (χ1) is 7.88. The molecule has 17 heavy (non-hydrogen) atoms. The Morgan fingerprint density at radius 2 is 2.18 bits per heavy atom. The van der Waals surface area contributed by atoms with Crippen LogP contribution >= 0.6 is 0 Å². The number of pyridine rings is 1. The van der Waals surface area contributed by atoms with Crippen molar-refractivity contribution in [3.63, 3.8) is 0 Å². The van der Waals surface area contributed by atoms with Crippen molar-refractivity contribution >= 4 is 22.7 Å². The molecule has 0 saturated carbocycles. The highest BCUT2D eigenvalue weighted by molar-refractivity contribution is 6.04. The third-order valence-electron chi connectivity index (χ3n) is 2.20. The second kappa shape index (κ2) is 3.76. The van der Waals surface area contributed by atoms with Gasteiger partial charge in [-0.1, -0.05) is 0 Å². The maximum absolute atomic E-state index is 11.9. The monoisotopic (exact) mass is 233 g/mol. The molecule has 0 bridgehead atoms. The lowest BCUT2D eigenvalue weighted by Gasteiger charge is -2.19. The van der Waals surface area contributed by atoms with E-state index in [1.165, 1.54) is 0 Å². The maximum Gasteiger partial charge on any atom is 0.289 e. The van der Waals surface area contributed by atoms with Gasteiger partial charge >= 0.3 is 0 Å². The molecule has 0 spiro atoms. The van der Waals surface area contributed by atoms with Gasteiger partial charge in [0.25, 0.3) is 5.91 Å². The molecule has 1 amide bonds. The molecule has 0 radical (unpaired) electrons. The van der Waals surface area contributed by atoms with Crippen LogP contribution in [0.25, 0.3) is 11.1 Å². The van der Waals surface area contributed by atoms with E-state index in [0.29, 0.717) is 16.8 Å². The van der Waals surface area contributed by atoms with E-state index < -0.39 is 0 Å². The second-order valence-corrected chi connectivity index (χ2v) is 4.91. The largest absolute Gasteiger partial charge is 0.430 e. The van der Waals surface area contributed by atoms with Crippen molar-refractivity contribution in [1.29, 1.82) is 0 Å². The molecular formula is C12H15N3O2. The Kier molecular flexibility index (Phi) is 2.53. The number of amides is 1. The molecule has 5 heteroatoms. The SMILES string of the molecule is CC(C)(C)NC(=O)c1oc2ncccc2c1N. The van der Waals surface area contributed by atoms with Crippen LogP contribution in [0.3, 0.4) is 0 Å². The van der Waals surface area contributed by atoms with Gasteiger partial charge in [0.2, 0.25) is 11.5 Å². The number of nitrogens with zero attached hydrogens (tertiary/aromatic N) is 1. The number of fused-ring (bicyclic) bond motifs is 1. The summed E-state index contributed by atoms with van der Waals surface area (Å²) < 4.78 is 5.36. The first-order valence-corrected chi connectivity index (χ1v) is 5.34. The van der Waals surface area contributed by atoms with Crippen LogP contribution in [0.5, 0.6) is 0 Å². The van der Waals surface area contributed by atoms with E-state index in [9.17, 15) is 4.79 Å². The molecular weight excluding hydrogens is 218 g/mol. The minimum atomic E-state index is -0.337. The van der Waals surface area contributed by atoms with Gasteiger partial charge < -0.3 is 15.5 Å². The number of carbonyl (C=O) groups is 1. The first-order valence-electron chi connectivity index (χ1n) is 5.34. The van der Waals surface area contributed by atoms with Gasteiger partial charge in [0.15, 0.2) is 0 Å². The Bertz CT molecular complexity index is 567. The van der Waals surface area contributed by atoms with E-state index >= 15 is 0 Å². The summed E-state index contributed by atoms with van der Waals surface area (Å²) in [5.41, 5.74) is 6.23. The molecule has 0 fully saturated rings. The number of hydrogen-bond acceptors (Lipinski definition) is 4. The third kappa shape index (κ3) is 2.22. The van der Waals surface area contributed by atoms with Crippen LogP contribution in [0.4, 0.5) is 5.69 Å². The van der Waals surface area contributed by atoms with Crippen molar-refractivity contribution in [3.05, 3.63) is 24.1 Å². The minimum Gasteiger partial charge on any atom is -0.430 e. The molecule has 0 aliphatic rings. The topological polar surface area (TPSA) is 81.2 Å². The Morgan fingerprint density at radius 1 is 1.47 bits per heavy atom. The van der Waals surface area contributed by atoms with Crippen LogP contribution in [0.1, 0.15) is 31.3 Å². The number of hydrogen-bond donors (Lipinski definition) is 2. The predicted molar refractivity (Wildman–Crippen MR) is 65.6 cm³/mol.